The highest BCUT2D eigenvalue weighted by molar-refractivity contribution is 9.10. The van der Waals surface area contributed by atoms with E-state index in [2.05, 4.69) is 28.2 Å². The summed E-state index contributed by atoms with van der Waals surface area (Å²) in [5.74, 6) is 1.04. The van der Waals surface area contributed by atoms with Crippen molar-refractivity contribution in [3.05, 3.63) is 16.5 Å². The summed E-state index contributed by atoms with van der Waals surface area (Å²) in [5, 5.41) is 3.21. The second kappa shape index (κ2) is 6.17. The summed E-state index contributed by atoms with van der Waals surface area (Å²) in [6.45, 7) is 7.81. The van der Waals surface area contributed by atoms with Gasteiger partial charge in [-0.25, -0.2) is 8.42 Å². The first-order chi connectivity index (χ1) is 9.30. The van der Waals surface area contributed by atoms with E-state index in [0.29, 0.717) is 37.4 Å². The smallest absolute Gasteiger partial charge is 0.247 e. The Morgan fingerprint density at radius 3 is 2.80 bits per heavy atom. The van der Waals surface area contributed by atoms with Crippen LogP contribution in [0.25, 0.3) is 0 Å². The number of hydrogen-bond donors (Lipinski definition) is 1. The third-order valence-electron chi connectivity index (χ3n) is 3.40. The first-order valence-electron chi connectivity index (χ1n) is 6.82. The van der Waals surface area contributed by atoms with Gasteiger partial charge in [0, 0.05) is 25.2 Å². The predicted octanol–water partition coefficient (Wildman–Crippen LogP) is 2.57. The molecule has 1 aromatic rings. The van der Waals surface area contributed by atoms with Gasteiger partial charge >= 0.3 is 0 Å². The van der Waals surface area contributed by atoms with Crippen LogP contribution in [0, 0.1) is 5.92 Å². The van der Waals surface area contributed by atoms with Gasteiger partial charge in [0.1, 0.15) is 10.7 Å². The van der Waals surface area contributed by atoms with Gasteiger partial charge in [-0.3, -0.25) is 0 Å². The Morgan fingerprint density at radius 2 is 2.25 bits per heavy atom. The van der Waals surface area contributed by atoms with E-state index in [1.807, 2.05) is 13.8 Å². The summed E-state index contributed by atoms with van der Waals surface area (Å²) >= 11 is 3.22. The lowest BCUT2D eigenvalue weighted by molar-refractivity contribution is 0.441. The average molecular weight is 365 g/mol. The molecule has 0 radical (unpaired) electrons. The van der Waals surface area contributed by atoms with E-state index in [1.54, 1.807) is 6.07 Å². The van der Waals surface area contributed by atoms with Gasteiger partial charge in [0.05, 0.1) is 6.54 Å². The minimum atomic E-state index is -3.46. The third-order valence-corrected chi connectivity index (χ3v) is 6.12. The van der Waals surface area contributed by atoms with Gasteiger partial charge < -0.3 is 9.73 Å². The van der Waals surface area contributed by atoms with E-state index in [1.165, 1.54) is 4.31 Å². The molecule has 0 bridgehead atoms. The number of hydrogen-bond acceptors (Lipinski definition) is 4. The highest BCUT2D eigenvalue weighted by Gasteiger charge is 2.33. The van der Waals surface area contributed by atoms with E-state index in [-0.39, 0.29) is 9.56 Å². The molecule has 1 N–H and O–H groups in total. The Morgan fingerprint density at radius 1 is 1.55 bits per heavy atom. The highest BCUT2D eigenvalue weighted by atomic mass is 79.9. The van der Waals surface area contributed by atoms with Crippen molar-refractivity contribution in [1.82, 2.24) is 9.62 Å². The highest BCUT2D eigenvalue weighted by Crippen LogP contribution is 2.31. The van der Waals surface area contributed by atoms with Crippen molar-refractivity contribution >= 4 is 26.0 Å². The van der Waals surface area contributed by atoms with Gasteiger partial charge in [-0.05, 0) is 28.3 Å². The van der Waals surface area contributed by atoms with E-state index in [0.717, 1.165) is 6.42 Å². The Hall–Kier alpha value is -0.370. The monoisotopic (exact) mass is 364 g/mol. The number of furan rings is 1. The molecule has 1 unspecified atom stereocenters. The molecule has 2 rings (SSSR count). The van der Waals surface area contributed by atoms with Crippen LogP contribution in [0.4, 0.5) is 0 Å². The van der Waals surface area contributed by atoms with Crippen LogP contribution < -0.4 is 5.32 Å². The van der Waals surface area contributed by atoms with Crippen LogP contribution in [0.5, 0.6) is 0 Å². The SMILES string of the molecule is CC1CCN(S(=O)(=O)c2cc(CNC(C)C)oc2Br)C1. The molecule has 5 nitrogen and oxygen atoms in total. The zero-order valence-electron chi connectivity index (χ0n) is 12.0. The summed E-state index contributed by atoms with van der Waals surface area (Å²) in [4.78, 5) is 0.229. The van der Waals surface area contributed by atoms with Gasteiger partial charge in [0.15, 0.2) is 4.67 Å². The van der Waals surface area contributed by atoms with Crippen LogP contribution in [0.1, 0.15) is 33.0 Å². The Bertz CT molecular complexity index is 568. The second-order valence-corrected chi connectivity index (χ2v) is 8.27. The van der Waals surface area contributed by atoms with Crippen molar-refractivity contribution < 1.29 is 12.8 Å². The van der Waals surface area contributed by atoms with Crippen molar-refractivity contribution in [2.75, 3.05) is 13.1 Å². The Kier molecular flexibility index (Phi) is 4.94. The average Bonchev–Trinajstić information content (AvgIpc) is 2.93. The van der Waals surface area contributed by atoms with Gasteiger partial charge in [0.2, 0.25) is 10.0 Å². The fraction of sp³-hybridized carbons (Fsp3) is 0.692. The standard InChI is InChI=1S/C13H21BrN2O3S/c1-9(2)15-7-11-6-12(13(14)19-11)20(17,18)16-5-4-10(3)8-16/h6,9-10,15H,4-5,7-8H2,1-3H3. The maximum absolute atomic E-state index is 12.6. The molecule has 1 aliphatic heterocycles. The summed E-state index contributed by atoms with van der Waals surface area (Å²) < 4.78 is 32.4. The van der Waals surface area contributed by atoms with Crippen molar-refractivity contribution in [3.63, 3.8) is 0 Å². The first-order valence-corrected chi connectivity index (χ1v) is 9.05. The van der Waals surface area contributed by atoms with Crippen molar-refractivity contribution in [2.24, 2.45) is 5.92 Å². The molecule has 0 amide bonds. The molecule has 1 atom stereocenters. The van der Waals surface area contributed by atoms with E-state index in [4.69, 9.17) is 4.42 Å². The molecule has 114 valence electrons. The van der Waals surface area contributed by atoms with Crippen molar-refractivity contribution in [1.29, 1.82) is 0 Å². The molecule has 1 fully saturated rings. The minimum Gasteiger partial charge on any atom is -0.452 e. The molecule has 0 aliphatic carbocycles. The number of nitrogens with zero attached hydrogens (tertiary/aromatic N) is 1. The van der Waals surface area contributed by atoms with Crippen molar-refractivity contribution in [3.8, 4) is 0 Å². The maximum atomic E-state index is 12.6. The summed E-state index contributed by atoms with van der Waals surface area (Å²) in [6.07, 6.45) is 0.913. The normalized spacial score (nSPS) is 20.9. The topological polar surface area (TPSA) is 62.6 Å². The largest absolute Gasteiger partial charge is 0.452 e. The quantitative estimate of drug-likeness (QED) is 0.871. The van der Waals surface area contributed by atoms with Crippen LogP contribution >= 0.6 is 15.9 Å². The molecule has 7 heteroatoms. The van der Waals surface area contributed by atoms with E-state index < -0.39 is 10.0 Å². The molecule has 0 spiro atoms. The lowest BCUT2D eigenvalue weighted by Crippen LogP contribution is -2.28. The van der Waals surface area contributed by atoms with Gasteiger partial charge in [-0.15, -0.1) is 0 Å². The lowest BCUT2D eigenvalue weighted by atomic mass is 10.2. The zero-order chi connectivity index (χ0) is 14.9. The molecule has 0 saturated carbocycles. The number of halogens is 1. The third kappa shape index (κ3) is 3.44. The van der Waals surface area contributed by atoms with Crippen LogP contribution in [0.2, 0.25) is 0 Å². The first kappa shape index (κ1) is 16.0. The molecule has 1 aliphatic rings. The number of nitrogens with one attached hydrogen (secondary N) is 1. The van der Waals surface area contributed by atoms with Crippen molar-refractivity contribution in [2.45, 2.75) is 44.7 Å². The number of sulfonamides is 1. The maximum Gasteiger partial charge on any atom is 0.247 e. The van der Waals surface area contributed by atoms with Gasteiger partial charge in [-0.1, -0.05) is 20.8 Å². The molecule has 1 saturated heterocycles. The summed E-state index contributed by atoms with van der Waals surface area (Å²) in [7, 11) is -3.46. The number of rotatable bonds is 5. The van der Waals surface area contributed by atoms with E-state index >= 15 is 0 Å². The van der Waals surface area contributed by atoms with Crippen LogP contribution in [-0.2, 0) is 16.6 Å². The van der Waals surface area contributed by atoms with Crippen LogP contribution in [0.15, 0.2) is 20.0 Å². The van der Waals surface area contributed by atoms with E-state index in [9.17, 15) is 8.42 Å². The fourth-order valence-corrected chi connectivity index (χ4v) is 4.75. The molecule has 1 aromatic heterocycles. The fourth-order valence-electron chi connectivity index (χ4n) is 2.22. The van der Waals surface area contributed by atoms with Crippen LogP contribution in [0.3, 0.4) is 0 Å². The zero-order valence-corrected chi connectivity index (χ0v) is 14.4. The molecule has 2 heterocycles. The summed E-state index contributed by atoms with van der Waals surface area (Å²) in [6, 6.07) is 1.93. The van der Waals surface area contributed by atoms with Crippen LogP contribution in [-0.4, -0.2) is 31.9 Å². The lowest BCUT2D eigenvalue weighted by Gasteiger charge is -2.14. The van der Waals surface area contributed by atoms with Gasteiger partial charge in [0.25, 0.3) is 0 Å². The Balaban J connectivity index is 2.19. The van der Waals surface area contributed by atoms with Gasteiger partial charge in [-0.2, -0.15) is 4.31 Å². The molecular formula is C13H21BrN2O3S. The molecular weight excluding hydrogens is 344 g/mol. The molecule has 0 aromatic carbocycles. The summed E-state index contributed by atoms with van der Waals surface area (Å²) in [5.41, 5.74) is 0. The predicted molar refractivity (Wildman–Crippen MR) is 80.9 cm³/mol. The Labute approximate surface area is 128 Å². The molecule has 20 heavy (non-hydrogen) atoms. The second-order valence-electron chi connectivity index (χ2n) is 5.64. The minimum absolute atomic E-state index is 0.229.